The Kier molecular flexibility index (Phi) is 4.02. The summed E-state index contributed by atoms with van der Waals surface area (Å²) in [6.45, 7) is 0. The number of phenolic OH excluding ortho intramolecular Hbond substituents is 2. The van der Waals surface area contributed by atoms with Crippen LogP contribution in [0, 0.1) is 0 Å². The highest BCUT2D eigenvalue weighted by Gasteiger charge is 2.04. The Morgan fingerprint density at radius 2 is 1.86 bits per heavy atom. The van der Waals surface area contributed by atoms with Crippen LogP contribution in [-0.2, 0) is 0 Å². The van der Waals surface area contributed by atoms with Gasteiger partial charge in [-0.1, -0.05) is 36.4 Å². The Morgan fingerprint density at radius 1 is 1.05 bits per heavy atom. The van der Waals surface area contributed by atoms with Crippen LogP contribution in [0.15, 0.2) is 59.0 Å². The third-order valence-electron chi connectivity index (χ3n) is 2.98. The van der Waals surface area contributed by atoms with Crippen molar-refractivity contribution >= 4 is 22.7 Å². The zero-order chi connectivity index (χ0) is 15.4. The first-order chi connectivity index (χ1) is 10.7. The van der Waals surface area contributed by atoms with Crippen molar-refractivity contribution < 1.29 is 10.2 Å². The molecule has 3 N–H and O–H groups in total. The molecule has 0 bridgehead atoms. The first-order valence-electron chi connectivity index (χ1n) is 6.55. The summed E-state index contributed by atoms with van der Waals surface area (Å²) < 4.78 is 0. The standard InChI is InChI=1S/C16H13N3O2S/c20-14-8-4-7-12(15(14)21)9-17-19-16-18-13(10-22-16)11-5-2-1-3-6-11/h1-10,20-21H,(H,18,19). The van der Waals surface area contributed by atoms with Gasteiger partial charge in [-0.05, 0) is 12.1 Å². The molecule has 0 saturated carbocycles. The molecule has 0 atom stereocenters. The Morgan fingerprint density at radius 3 is 2.68 bits per heavy atom. The van der Waals surface area contributed by atoms with Crippen molar-refractivity contribution in [2.75, 3.05) is 5.43 Å². The predicted molar refractivity (Wildman–Crippen MR) is 88.5 cm³/mol. The van der Waals surface area contributed by atoms with E-state index in [1.54, 1.807) is 12.1 Å². The highest BCUT2D eigenvalue weighted by atomic mass is 32.1. The number of hydrazone groups is 1. The van der Waals surface area contributed by atoms with Crippen LogP contribution in [0.2, 0.25) is 0 Å². The minimum absolute atomic E-state index is 0.176. The summed E-state index contributed by atoms with van der Waals surface area (Å²) in [4.78, 5) is 4.43. The van der Waals surface area contributed by atoms with E-state index in [1.807, 2.05) is 35.7 Å². The average Bonchev–Trinajstić information content (AvgIpc) is 3.01. The Balaban J connectivity index is 1.71. The van der Waals surface area contributed by atoms with E-state index in [9.17, 15) is 10.2 Å². The Labute approximate surface area is 131 Å². The Hall–Kier alpha value is -2.86. The molecule has 3 aromatic rings. The maximum Gasteiger partial charge on any atom is 0.203 e. The SMILES string of the molecule is Oc1cccc(C=NNc2nc(-c3ccccc3)cs2)c1O. The number of anilines is 1. The zero-order valence-corrected chi connectivity index (χ0v) is 12.3. The van der Waals surface area contributed by atoms with E-state index >= 15 is 0 Å². The van der Waals surface area contributed by atoms with E-state index in [0.717, 1.165) is 11.3 Å². The predicted octanol–water partition coefficient (Wildman–Crippen LogP) is 3.67. The smallest absolute Gasteiger partial charge is 0.203 e. The van der Waals surface area contributed by atoms with Gasteiger partial charge >= 0.3 is 0 Å². The maximum absolute atomic E-state index is 9.67. The fraction of sp³-hybridized carbons (Fsp3) is 0. The topological polar surface area (TPSA) is 77.7 Å². The number of hydrogen-bond donors (Lipinski definition) is 3. The lowest BCUT2D eigenvalue weighted by atomic mass is 10.2. The van der Waals surface area contributed by atoms with Gasteiger partial charge in [-0.3, -0.25) is 5.43 Å². The first-order valence-corrected chi connectivity index (χ1v) is 7.43. The molecule has 2 aromatic carbocycles. The summed E-state index contributed by atoms with van der Waals surface area (Å²) >= 11 is 1.44. The second kappa shape index (κ2) is 6.28. The Bertz CT molecular complexity index is 800. The fourth-order valence-electron chi connectivity index (χ4n) is 1.88. The number of rotatable bonds is 4. The number of benzene rings is 2. The molecule has 0 saturated heterocycles. The van der Waals surface area contributed by atoms with Gasteiger partial charge in [0.2, 0.25) is 5.13 Å². The molecule has 1 heterocycles. The number of aromatic nitrogens is 1. The lowest BCUT2D eigenvalue weighted by Crippen LogP contribution is -1.90. The van der Waals surface area contributed by atoms with E-state index < -0.39 is 0 Å². The lowest BCUT2D eigenvalue weighted by Gasteiger charge is -2.00. The van der Waals surface area contributed by atoms with Gasteiger partial charge in [-0.2, -0.15) is 5.10 Å². The van der Waals surface area contributed by atoms with Gasteiger partial charge in [-0.15, -0.1) is 11.3 Å². The number of phenols is 2. The van der Waals surface area contributed by atoms with Crippen LogP contribution in [0.1, 0.15) is 5.56 Å². The van der Waals surface area contributed by atoms with Crippen molar-refractivity contribution in [2.24, 2.45) is 5.10 Å². The third kappa shape index (κ3) is 3.07. The molecule has 6 heteroatoms. The van der Waals surface area contributed by atoms with Crippen molar-refractivity contribution in [3.63, 3.8) is 0 Å². The average molecular weight is 311 g/mol. The monoisotopic (exact) mass is 311 g/mol. The number of nitrogens with zero attached hydrogens (tertiary/aromatic N) is 2. The molecule has 0 fully saturated rings. The van der Waals surface area contributed by atoms with Gasteiger partial charge in [0.05, 0.1) is 11.9 Å². The molecule has 0 unspecified atom stereocenters. The minimum atomic E-state index is -0.197. The molecular weight excluding hydrogens is 298 g/mol. The van der Waals surface area contributed by atoms with Crippen molar-refractivity contribution in [2.45, 2.75) is 0 Å². The number of aromatic hydroxyl groups is 2. The number of nitrogens with one attached hydrogen (secondary N) is 1. The van der Waals surface area contributed by atoms with Crippen LogP contribution in [0.5, 0.6) is 11.5 Å². The first kappa shape index (κ1) is 14.1. The van der Waals surface area contributed by atoms with Crippen LogP contribution < -0.4 is 5.43 Å². The minimum Gasteiger partial charge on any atom is -0.504 e. The molecule has 0 radical (unpaired) electrons. The highest BCUT2D eigenvalue weighted by Crippen LogP contribution is 2.27. The van der Waals surface area contributed by atoms with E-state index in [2.05, 4.69) is 15.5 Å². The summed E-state index contributed by atoms with van der Waals surface area (Å²) in [6.07, 6.45) is 1.43. The largest absolute Gasteiger partial charge is 0.504 e. The summed E-state index contributed by atoms with van der Waals surface area (Å²) in [5.74, 6) is -0.373. The van der Waals surface area contributed by atoms with Crippen LogP contribution in [-0.4, -0.2) is 21.4 Å². The van der Waals surface area contributed by atoms with Crippen molar-refractivity contribution in [3.8, 4) is 22.8 Å². The van der Waals surface area contributed by atoms with E-state index in [-0.39, 0.29) is 11.5 Å². The van der Waals surface area contributed by atoms with Crippen LogP contribution >= 0.6 is 11.3 Å². The van der Waals surface area contributed by atoms with Gasteiger partial charge in [0.15, 0.2) is 11.5 Å². The maximum atomic E-state index is 9.67. The molecule has 22 heavy (non-hydrogen) atoms. The second-order valence-electron chi connectivity index (χ2n) is 4.49. The zero-order valence-electron chi connectivity index (χ0n) is 11.5. The summed E-state index contributed by atoms with van der Waals surface area (Å²) in [5, 5.41) is 25.7. The van der Waals surface area contributed by atoms with Crippen molar-refractivity contribution in [1.82, 2.24) is 4.98 Å². The molecular formula is C16H13N3O2S. The van der Waals surface area contributed by atoms with Crippen LogP contribution in [0.25, 0.3) is 11.3 Å². The van der Waals surface area contributed by atoms with Gasteiger partial charge < -0.3 is 10.2 Å². The molecule has 3 rings (SSSR count). The van der Waals surface area contributed by atoms with Crippen molar-refractivity contribution in [3.05, 3.63) is 59.5 Å². The van der Waals surface area contributed by atoms with Gasteiger partial charge in [-0.25, -0.2) is 4.98 Å². The van der Waals surface area contributed by atoms with Crippen molar-refractivity contribution in [1.29, 1.82) is 0 Å². The molecule has 0 aliphatic rings. The van der Waals surface area contributed by atoms with Crippen LogP contribution in [0.4, 0.5) is 5.13 Å². The molecule has 0 aliphatic carbocycles. The lowest BCUT2D eigenvalue weighted by molar-refractivity contribution is 0.403. The third-order valence-corrected chi connectivity index (χ3v) is 3.73. The molecule has 0 amide bonds. The number of thiazole rings is 1. The quantitative estimate of drug-likeness (QED) is 0.390. The fourth-order valence-corrected chi connectivity index (χ4v) is 2.54. The normalized spacial score (nSPS) is 10.9. The molecule has 1 aromatic heterocycles. The summed E-state index contributed by atoms with van der Waals surface area (Å²) in [5.41, 5.74) is 5.16. The summed E-state index contributed by atoms with van der Waals surface area (Å²) in [7, 11) is 0. The second-order valence-corrected chi connectivity index (χ2v) is 5.35. The van der Waals surface area contributed by atoms with Gasteiger partial charge in [0, 0.05) is 16.5 Å². The number of para-hydroxylation sites is 1. The van der Waals surface area contributed by atoms with Gasteiger partial charge in [0.25, 0.3) is 0 Å². The van der Waals surface area contributed by atoms with Gasteiger partial charge in [0.1, 0.15) is 0 Å². The van der Waals surface area contributed by atoms with E-state index in [4.69, 9.17) is 0 Å². The number of hydrogen-bond acceptors (Lipinski definition) is 6. The highest BCUT2D eigenvalue weighted by molar-refractivity contribution is 7.14. The molecule has 110 valence electrons. The van der Waals surface area contributed by atoms with E-state index in [0.29, 0.717) is 10.7 Å². The van der Waals surface area contributed by atoms with E-state index in [1.165, 1.54) is 23.6 Å². The molecule has 5 nitrogen and oxygen atoms in total. The van der Waals surface area contributed by atoms with Crippen LogP contribution in [0.3, 0.4) is 0 Å². The molecule has 0 spiro atoms. The molecule has 0 aliphatic heterocycles. The summed E-state index contributed by atoms with van der Waals surface area (Å²) in [6, 6.07) is 14.6.